The van der Waals surface area contributed by atoms with E-state index in [4.69, 9.17) is 0 Å². The summed E-state index contributed by atoms with van der Waals surface area (Å²) in [7, 11) is 1.98. The number of anilines is 1. The normalized spacial score (nSPS) is 21.8. The van der Waals surface area contributed by atoms with Crippen LogP contribution in [-0.2, 0) is 16.0 Å². The SMILES string of the molecule is CCc1ccc(N2CC(C(=O)N3CCC(CNC)CC3)CC2=O)cc1. The van der Waals surface area contributed by atoms with Gasteiger partial charge in [-0.25, -0.2) is 0 Å². The van der Waals surface area contributed by atoms with Gasteiger partial charge in [0.1, 0.15) is 0 Å². The van der Waals surface area contributed by atoms with Gasteiger partial charge in [-0.05, 0) is 56.5 Å². The molecule has 2 aliphatic heterocycles. The van der Waals surface area contributed by atoms with Gasteiger partial charge in [0, 0.05) is 31.7 Å². The largest absolute Gasteiger partial charge is 0.342 e. The minimum Gasteiger partial charge on any atom is -0.342 e. The van der Waals surface area contributed by atoms with Crippen molar-refractivity contribution in [3.63, 3.8) is 0 Å². The van der Waals surface area contributed by atoms with E-state index < -0.39 is 0 Å². The van der Waals surface area contributed by atoms with E-state index in [2.05, 4.69) is 24.4 Å². The summed E-state index contributed by atoms with van der Waals surface area (Å²) in [6, 6.07) is 8.11. The van der Waals surface area contributed by atoms with Gasteiger partial charge < -0.3 is 15.1 Å². The van der Waals surface area contributed by atoms with E-state index in [0.29, 0.717) is 18.9 Å². The molecule has 2 saturated heterocycles. The molecule has 0 spiro atoms. The minimum atomic E-state index is -0.195. The summed E-state index contributed by atoms with van der Waals surface area (Å²) in [6.07, 6.45) is 3.43. The number of nitrogens with zero attached hydrogens (tertiary/aromatic N) is 2. The van der Waals surface area contributed by atoms with E-state index in [1.54, 1.807) is 4.90 Å². The van der Waals surface area contributed by atoms with E-state index in [1.807, 2.05) is 24.1 Å². The Hall–Kier alpha value is -1.88. The quantitative estimate of drug-likeness (QED) is 0.890. The smallest absolute Gasteiger partial charge is 0.228 e. The Bertz CT molecular complexity index is 606. The minimum absolute atomic E-state index is 0.0627. The zero-order valence-corrected chi connectivity index (χ0v) is 15.3. The molecule has 2 aliphatic rings. The maximum Gasteiger partial charge on any atom is 0.228 e. The van der Waals surface area contributed by atoms with E-state index in [1.165, 1.54) is 5.56 Å². The molecule has 1 aromatic carbocycles. The van der Waals surface area contributed by atoms with Crippen molar-refractivity contribution in [3.8, 4) is 0 Å². The monoisotopic (exact) mass is 343 g/mol. The standard InChI is InChI=1S/C20H29N3O2/c1-3-15-4-6-18(7-5-15)23-14-17(12-19(23)24)20(25)22-10-8-16(9-11-22)13-21-2/h4-7,16-17,21H,3,8-14H2,1-2H3. The third-order valence-electron chi connectivity index (χ3n) is 5.55. The summed E-state index contributed by atoms with van der Waals surface area (Å²) in [4.78, 5) is 29.0. The molecule has 25 heavy (non-hydrogen) atoms. The van der Waals surface area contributed by atoms with Crippen LogP contribution in [0.3, 0.4) is 0 Å². The Morgan fingerprint density at radius 3 is 2.48 bits per heavy atom. The first-order chi connectivity index (χ1) is 12.1. The van der Waals surface area contributed by atoms with Gasteiger partial charge in [-0.2, -0.15) is 0 Å². The molecule has 136 valence electrons. The highest BCUT2D eigenvalue weighted by molar-refractivity contribution is 6.00. The molecule has 1 N–H and O–H groups in total. The zero-order chi connectivity index (χ0) is 17.8. The van der Waals surface area contributed by atoms with Crippen LogP contribution in [0.25, 0.3) is 0 Å². The Morgan fingerprint density at radius 1 is 1.20 bits per heavy atom. The number of carbonyl (C=O) groups excluding carboxylic acids is 2. The molecule has 0 radical (unpaired) electrons. The summed E-state index contributed by atoms with van der Waals surface area (Å²) in [6.45, 7) is 5.29. The van der Waals surface area contributed by atoms with Gasteiger partial charge in [-0.15, -0.1) is 0 Å². The summed E-state index contributed by atoms with van der Waals surface area (Å²) in [5, 5.41) is 3.22. The molecule has 2 heterocycles. The van der Waals surface area contributed by atoms with Gasteiger partial charge in [0.05, 0.1) is 5.92 Å². The molecule has 2 amide bonds. The number of amides is 2. The zero-order valence-electron chi connectivity index (χ0n) is 15.3. The summed E-state index contributed by atoms with van der Waals surface area (Å²) in [5.41, 5.74) is 2.16. The van der Waals surface area contributed by atoms with Crippen molar-refractivity contribution in [2.75, 3.05) is 38.1 Å². The number of likely N-dealkylation sites (tertiary alicyclic amines) is 1. The molecule has 0 aliphatic carbocycles. The second-order valence-corrected chi connectivity index (χ2v) is 7.25. The number of carbonyl (C=O) groups is 2. The summed E-state index contributed by atoms with van der Waals surface area (Å²) < 4.78 is 0. The molecule has 0 bridgehead atoms. The highest BCUT2D eigenvalue weighted by Gasteiger charge is 2.37. The first-order valence-corrected chi connectivity index (χ1v) is 9.45. The van der Waals surface area contributed by atoms with Crippen LogP contribution in [0.5, 0.6) is 0 Å². The van der Waals surface area contributed by atoms with Gasteiger partial charge in [-0.1, -0.05) is 19.1 Å². The number of hydrogen-bond acceptors (Lipinski definition) is 3. The van der Waals surface area contributed by atoms with Gasteiger partial charge in [-0.3, -0.25) is 9.59 Å². The molecule has 2 fully saturated rings. The molecule has 3 rings (SSSR count). The van der Waals surface area contributed by atoms with Crippen LogP contribution < -0.4 is 10.2 Å². The first kappa shape index (κ1) is 17.9. The molecule has 0 saturated carbocycles. The molecule has 5 heteroatoms. The van der Waals surface area contributed by atoms with Gasteiger partial charge >= 0.3 is 0 Å². The van der Waals surface area contributed by atoms with Crippen LogP contribution in [0.1, 0.15) is 31.7 Å². The van der Waals surface area contributed by atoms with Gasteiger partial charge in [0.25, 0.3) is 0 Å². The lowest BCUT2D eigenvalue weighted by Crippen LogP contribution is -2.43. The molecule has 0 aromatic heterocycles. The Labute approximate surface area is 150 Å². The van der Waals surface area contributed by atoms with Crippen molar-refractivity contribution in [1.82, 2.24) is 10.2 Å². The second kappa shape index (κ2) is 8.00. The van der Waals surface area contributed by atoms with Crippen molar-refractivity contribution < 1.29 is 9.59 Å². The van der Waals surface area contributed by atoms with Crippen LogP contribution in [0, 0.1) is 11.8 Å². The van der Waals surface area contributed by atoms with E-state index in [9.17, 15) is 9.59 Å². The lowest BCUT2D eigenvalue weighted by molar-refractivity contribution is -0.137. The van der Waals surface area contributed by atoms with Crippen molar-refractivity contribution in [2.24, 2.45) is 11.8 Å². The molecule has 1 aromatic rings. The van der Waals surface area contributed by atoms with E-state index in [0.717, 1.165) is 44.6 Å². The van der Waals surface area contributed by atoms with Crippen LogP contribution in [0.15, 0.2) is 24.3 Å². The van der Waals surface area contributed by atoms with E-state index in [-0.39, 0.29) is 17.7 Å². The summed E-state index contributed by atoms with van der Waals surface area (Å²) >= 11 is 0. The number of rotatable bonds is 5. The number of benzene rings is 1. The predicted octanol–water partition coefficient (Wildman–Crippen LogP) is 2.06. The maximum absolute atomic E-state index is 12.8. The van der Waals surface area contributed by atoms with Crippen LogP contribution >= 0.6 is 0 Å². The highest BCUT2D eigenvalue weighted by atomic mass is 16.2. The predicted molar refractivity (Wildman–Crippen MR) is 99.5 cm³/mol. The Morgan fingerprint density at radius 2 is 1.88 bits per heavy atom. The van der Waals surface area contributed by atoms with Crippen LogP contribution in [0.4, 0.5) is 5.69 Å². The third-order valence-corrected chi connectivity index (χ3v) is 5.55. The third kappa shape index (κ3) is 4.03. The highest BCUT2D eigenvalue weighted by Crippen LogP contribution is 2.28. The van der Waals surface area contributed by atoms with Crippen molar-refractivity contribution in [2.45, 2.75) is 32.6 Å². The summed E-state index contributed by atoms with van der Waals surface area (Å²) in [5.74, 6) is 0.684. The fourth-order valence-electron chi connectivity index (χ4n) is 3.94. The topological polar surface area (TPSA) is 52.7 Å². The van der Waals surface area contributed by atoms with Crippen LogP contribution in [-0.4, -0.2) is 49.9 Å². The van der Waals surface area contributed by atoms with E-state index >= 15 is 0 Å². The molecular weight excluding hydrogens is 314 g/mol. The number of aryl methyl sites for hydroxylation is 1. The molecule has 1 unspecified atom stereocenters. The average Bonchev–Trinajstić information content (AvgIpc) is 3.04. The van der Waals surface area contributed by atoms with Crippen molar-refractivity contribution >= 4 is 17.5 Å². The second-order valence-electron chi connectivity index (χ2n) is 7.25. The molecular formula is C20H29N3O2. The number of hydrogen-bond donors (Lipinski definition) is 1. The Kier molecular flexibility index (Phi) is 5.74. The molecule has 1 atom stereocenters. The first-order valence-electron chi connectivity index (χ1n) is 9.45. The van der Waals surface area contributed by atoms with Gasteiger partial charge in [0.15, 0.2) is 0 Å². The fraction of sp³-hybridized carbons (Fsp3) is 0.600. The fourth-order valence-corrected chi connectivity index (χ4v) is 3.94. The number of piperidine rings is 1. The molecule has 5 nitrogen and oxygen atoms in total. The van der Waals surface area contributed by atoms with Gasteiger partial charge in [0.2, 0.25) is 11.8 Å². The average molecular weight is 343 g/mol. The van der Waals surface area contributed by atoms with Crippen molar-refractivity contribution in [1.29, 1.82) is 0 Å². The van der Waals surface area contributed by atoms with Crippen molar-refractivity contribution in [3.05, 3.63) is 29.8 Å². The lowest BCUT2D eigenvalue weighted by atomic mass is 9.95. The Balaban J connectivity index is 1.59. The van der Waals surface area contributed by atoms with Crippen LogP contribution in [0.2, 0.25) is 0 Å². The number of nitrogens with one attached hydrogen (secondary N) is 1. The lowest BCUT2D eigenvalue weighted by Gasteiger charge is -2.33. The maximum atomic E-state index is 12.8.